The van der Waals surface area contributed by atoms with Gasteiger partial charge >= 0.3 is 5.69 Å². The molecular weight excluding hydrogens is 272 g/mol. The lowest BCUT2D eigenvalue weighted by atomic mass is 9.95. The van der Waals surface area contributed by atoms with Gasteiger partial charge in [0, 0.05) is 19.7 Å². The number of nitrogens with zero attached hydrogens (tertiary/aromatic N) is 4. The molecule has 1 fully saturated rings. The van der Waals surface area contributed by atoms with Gasteiger partial charge in [-0.2, -0.15) is 4.98 Å². The largest absolute Gasteiger partial charge is 0.396 e. The van der Waals surface area contributed by atoms with Crippen LogP contribution in [0.1, 0.15) is 19.3 Å². The standard InChI is InChI=1S/C11H15ClN4O3/c12-11-13-6-9(16(18)19)10(14-11)15-4-1-2-8(7-15)3-5-17/h6,8,17H,1-5,7H2. The Morgan fingerprint density at radius 3 is 3.11 bits per heavy atom. The molecule has 2 heterocycles. The van der Waals surface area contributed by atoms with Gasteiger partial charge in [-0.1, -0.05) is 0 Å². The van der Waals surface area contributed by atoms with Crippen molar-refractivity contribution in [3.8, 4) is 0 Å². The molecule has 1 aliphatic heterocycles. The van der Waals surface area contributed by atoms with E-state index in [0.717, 1.165) is 19.0 Å². The molecule has 1 aromatic rings. The van der Waals surface area contributed by atoms with E-state index in [1.807, 2.05) is 4.90 Å². The zero-order valence-electron chi connectivity index (χ0n) is 10.3. The second kappa shape index (κ2) is 6.12. The third-order valence-corrected chi connectivity index (χ3v) is 3.46. The number of nitro groups is 1. The number of halogens is 1. The summed E-state index contributed by atoms with van der Waals surface area (Å²) in [5.41, 5.74) is -0.131. The van der Waals surface area contributed by atoms with Crippen LogP contribution in [-0.4, -0.2) is 39.7 Å². The van der Waals surface area contributed by atoms with Crippen molar-refractivity contribution in [2.45, 2.75) is 19.3 Å². The van der Waals surface area contributed by atoms with Crippen LogP contribution in [0.2, 0.25) is 5.28 Å². The molecule has 0 amide bonds. The number of anilines is 1. The van der Waals surface area contributed by atoms with Crippen LogP contribution in [0.5, 0.6) is 0 Å². The molecule has 0 spiro atoms. The SMILES string of the molecule is O=[N+]([O-])c1cnc(Cl)nc1N1CCCC(CCO)C1. The predicted octanol–water partition coefficient (Wildman–Crippen LogP) is 1.64. The molecule has 0 saturated carbocycles. The normalized spacial score (nSPS) is 19.5. The van der Waals surface area contributed by atoms with Crippen LogP contribution in [0.15, 0.2) is 6.20 Å². The summed E-state index contributed by atoms with van der Waals surface area (Å²) in [5, 5.41) is 20.0. The summed E-state index contributed by atoms with van der Waals surface area (Å²) < 4.78 is 0. The minimum Gasteiger partial charge on any atom is -0.396 e. The first-order valence-electron chi connectivity index (χ1n) is 6.14. The summed E-state index contributed by atoms with van der Waals surface area (Å²) >= 11 is 5.73. The second-order valence-corrected chi connectivity index (χ2v) is 4.91. The maximum atomic E-state index is 11.0. The van der Waals surface area contributed by atoms with Crippen molar-refractivity contribution >= 4 is 23.1 Å². The molecule has 0 aliphatic carbocycles. The first kappa shape index (κ1) is 14.0. The lowest BCUT2D eigenvalue weighted by Crippen LogP contribution is -2.36. The van der Waals surface area contributed by atoms with Crippen molar-refractivity contribution < 1.29 is 10.0 Å². The minimum atomic E-state index is -0.499. The van der Waals surface area contributed by atoms with Gasteiger partial charge in [-0.25, -0.2) is 4.98 Å². The highest BCUT2D eigenvalue weighted by molar-refractivity contribution is 6.28. The molecule has 8 heteroatoms. The molecule has 1 atom stereocenters. The summed E-state index contributed by atoms with van der Waals surface area (Å²) in [5.74, 6) is 0.597. The van der Waals surface area contributed by atoms with Gasteiger partial charge < -0.3 is 10.0 Å². The molecule has 104 valence electrons. The van der Waals surface area contributed by atoms with Gasteiger partial charge in [0.2, 0.25) is 11.1 Å². The summed E-state index contributed by atoms with van der Waals surface area (Å²) in [7, 11) is 0. The Balaban J connectivity index is 2.24. The van der Waals surface area contributed by atoms with Crippen molar-refractivity contribution in [3.05, 3.63) is 21.6 Å². The molecule has 0 aromatic carbocycles. The quantitative estimate of drug-likeness (QED) is 0.514. The fourth-order valence-corrected chi connectivity index (χ4v) is 2.51. The van der Waals surface area contributed by atoms with Crippen LogP contribution in [0.25, 0.3) is 0 Å². The average Bonchev–Trinajstić information content (AvgIpc) is 2.39. The number of aliphatic hydroxyl groups excluding tert-OH is 1. The third kappa shape index (κ3) is 3.30. The highest BCUT2D eigenvalue weighted by Crippen LogP contribution is 2.30. The Kier molecular flexibility index (Phi) is 4.49. The number of hydrogen-bond donors (Lipinski definition) is 1. The highest BCUT2D eigenvalue weighted by Gasteiger charge is 2.27. The van der Waals surface area contributed by atoms with Crippen molar-refractivity contribution in [2.75, 3.05) is 24.6 Å². The van der Waals surface area contributed by atoms with Crippen LogP contribution in [0.4, 0.5) is 11.5 Å². The Hall–Kier alpha value is -1.47. The molecule has 1 unspecified atom stereocenters. The number of hydrogen-bond acceptors (Lipinski definition) is 6. The van der Waals surface area contributed by atoms with E-state index >= 15 is 0 Å². The van der Waals surface area contributed by atoms with Crippen LogP contribution in [0, 0.1) is 16.0 Å². The summed E-state index contributed by atoms with van der Waals surface area (Å²) in [4.78, 5) is 20.0. The van der Waals surface area contributed by atoms with E-state index in [-0.39, 0.29) is 23.4 Å². The fourth-order valence-electron chi connectivity index (χ4n) is 2.38. The maximum Gasteiger partial charge on any atom is 0.329 e. The lowest BCUT2D eigenvalue weighted by molar-refractivity contribution is -0.384. The third-order valence-electron chi connectivity index (χ3n) is 3.27. The molecule has 7 nitrogen and oxygen atoms in total. The van der Waals surface area contributed by atoms with E-state index in [0.29, 0.717) is 25.4 Å². The van der Waals surface area contributed by atoms with E-state index in [1.54, 1.807) is 0 Å². The molecular formula is C11H15ClN4O3. The second-order valence-electron chi connectivity index (χ2n) is 4.57. The van der Waals surface area contributed by atoms with Gasteiger partial charge in [-0.3, -0.25) is 10.1 Å². The molecule has 1 N–H and O–H groups in total. The topological polar surface area (TPSA) is 92.4 Å². The van der Waals surface area contributed by atoms with E-state index in [9.17, 15) is 10.1 Å². The maximum absolute atomic E-state index is 11.0. The highest BCUT2D eigenvalue weighted by atomic mass is 35.5. The molecule has 19 heavy (non-hydrogen) atoms. The Morgan fingerprint density at radius 2 is 2.42 bits per heavy atom. The molecule has 1 aromatic heterocycles. The van der Waals surface area contributed by atoms with Crippen molar-refractivity contribution in [3.63, 3.8) is 0 Å². The Morgan fingerprint density at radius 1 is 1.63 bits per heavy atom. The van der Waals surface area contributed by atoms with Gasteiger partial charge in [0.25, 0.3) is 0 Å². The summed E-state index contributed by atoms with van der Waals surface area (Å²) in [6, 6.07) is 0. The summed E-state index contributed by atoms with van der Waals surface area (Å²) in [6.07, 6.45) is 3.77. The van der Waals surface area contributed by atoms with Gasteiger partial charge in [0.15, 0.2) is 0 Å². The average molecular weight is 287 g/mol. The van der Waals surface area contributed by atoms with E-state index < -0.39 is 4.92 Å². The van der Waals surface area contributed by atoms with Crippen molar-refractivity contribution in [1.29, 1.82) is 0 Å². The smallest absolute Gasteiger partial charge is 0.329 e. The van der Waals surface area contributed by atoms with Crippen LogP contribution < -0.4 is 4.90 Å². The van der Waals surface area contributed by atoms with E-state index in [4.69, 9.17) is 16.7 Å². The zero-order chi connectivity index (χ0) is 13.8. The fraction of sp³-hybridized carbons (Fsp3) is 0.636. The number of rotatable bonds is 4. The monoisotopic (exact) mass is 286 g/mol. The number of aliphatic hydroxyl groups is 1. The van der Waals surface area contributed by atoms with Gasteiger partial charge in [-0.05, 0) is 36.8 Å². The zero-order valence-corrected chi connectivity index (χ0v) is 11.1. The van der Waals surface area contributed by atoms with Gasteiger partial charge in [0.1, 0.15) is 6.20 Å². The van der Waals surface area contributed by atoms with Crippen molar-refractivity contribution in [2.24, 2.45) is 5.92 Å². The van der Waals surface area contributed by atoms with Crippen molar-refractivity contribution in [1.82, 2.24) is 9.97 Å². The van der Waals surface area contributed by atoms with E-state index in [1.165, 1.54) is 0 Å². The van der Waals surface area contributed by atoms with Crippen LogP contribution in [-0.2, 0) is 0 Å². The predicted molar refractivity (Wildman–Crippen MR) is 70.3 cm³/mol. The van der Waals surface area contributed by atoms with E-state index in [2.05, 4.69) is 9.97 Å². The summed E-state index contributed by atoms with van der Waals surface area (Å²) in [6.45, 7) is 1.48. The first-order valence-corrected chi connectivity index (χ1v) is 6.52. The molecule has 1 saturated heterocycles. The van der Waals surface area contributed by atoms with Gasteiger partial charge in [0.05, 0.1) is 4.92 Å². The molecule has 1 aliphatic rings. The minimum absolute atomic E-state index is 0.00452. The molecule has 2 rings (SSSR count). The van der Waals surface area contributed by atoms with Gasteiger partial charge in [-0.15, -0.1) is 0 Å². The molecule has 0 bridgehead atoms. The number of piperidine rings is 1. The van der Waals surface area contributed by atoms with Crippen LogP contribution >= 0.6 is 11.6 Å². The Bertz CT molecular complexity index is 469. The van der Waals surface area contributed by atoms with Crippen LogP contribution in [0.3, 0.4) is 0 Å². The molecule has 0 radical (unpaired) electrons. The Labute approximate surface area is 115 Å². The lowest BCUT2D eigenvalue weighted by Gasteiger charge is -2.32. The number of aromatic nitrogens is 2. The first-order chi connectivity index (χ1) is 9.11.